The number of fused-ring (bicyclic) bond motifs is 1. The molecule has 0 bridgehead atoms. The van der Waals surface area contributed by atoms with Gasteiger partial charge in [-0.05, 0) is 43.7 Å². The zero-order valence-corrected chi connectivity index (χ0v) is 14.4. The molecule has 0 aliphatic heterocycles. The highest BCUT2D eigenvalue weighted by molar-refractivity contribution is 6.32. The summed E-state index contributed by atoms with van der Waals surface area (Å²) in [5, 5.41) is 1.19. The summed E-state index contributed by atoms with van der Waals surface area (Å²) in [6.45, 7) is 3.38. The van der Waals surface area contributed by atoms with Crippen LogP contribution in [0.4, 0.5) is 0 Å². The number of carbonyl (C=O) groups excluding carboxylic acids is 1. The molecule has 0 radical (unpaired) electrons. The lowest BCUT2D eigenvalue weighted by Gasteiger charge is -2.14. The molecule has 0 saturated carbocycles. The smallest absolute Gasteiger partial charge is 0.352 e. The molecule has 6 heteroatoms. The van der Waals surface area contributed by atoms with E-state index in [4.69, 9.17) is 25.5 Å². The van der Waals surface area contributed by atoms with Crippen LogP contribution in [0.3, 0.4) is 0 Å². The Morgan fingerprint density at radius 1 is 1.16 bits per heavy atom. The molecule has 0 aliphatic carbocycles. The number of carbonyl (C=O) groups is 1. The molecule has 0 aliphatic rings. The summed E-state index contributed by atoms with van der Waals surface area (Å²) >= 11 is 6.01. The van der Waals surface area contributed by atoms with Crippen molar-refractivity contribution in [1.82, 2.24) is 0 Å². The van der Waals surface area contributed by atoms with Gasteiger partial charge in [0.1, 0.15) is 17.1 Å². The highest BCUT2D eigenvalue weighted by Crippen LogP contribution is 2.25. The largest absolute Gasteiger partial charge is 0.477 e. The van der Waals surface area contributed by atoms with Gasteiger partial charge in [-0.25, -0.2) is 9.59 Å². The summed E-state index contributed by atoms with van der Waals surface area (Å²) < 4.78 is 16.0. The molecule has 0 N–H and O–H groups in total. The summed E-state index contributed by atoms with van der Waals surface area (Å²) in [5.41, 5.74) is 0.693. The summed E-state index contributed by atoms with van der Waals surface area (Å²) in [6.07, 6.45) is -0.861. The van der Waals surface area contributed by atoms with Crippen LogP contribution in [0.1, 0.15) is 12.5 Å². The number of para-hydroxylation sites is 1. The maximum absolute atomic E-state index is 12.2. The highest BCUT2D eigenvalue weighted by atomic mass is 35.5. The first-order chi connectivity index (χ1) is 11.9. The number of ether oxygens (including phenoxy) is 2. The first kappa shape index (κ1) is 17.0. The maximum Gasteiger partial charge on any atom is 0.352 e. The van der Waals surface area contributed by atoms with Crippen LogP contribution in [-0.2, 0) is 4.79 Å². The standard InChI is InChI=1S/C19H15ClO5/c1-11-9-18(21)25-17-10-13(7-8-14(11)17)24-19(22)12(2)23-16-6-4-3-5-15(16)20/h3-10,12H,1-2H3/t12-/m0/s1. The van der Waals surface area contributed by atoms with Crippen LogP contribution in [0.2, 0.25) is 5.02 Å². The van der Waals surface area contributed by atoms with Crippen molar-refractivity contribution in [2.75, 3.05) is 0 Å². The molecular weight excluding hydrogens is 344 g/mol. The number of esters is 1. The fourth-order valence-electron chi connectivity index (χ4n) is 2.35. The normalized spacial score (nSPS) is 12.0. The molecule has 25 heavy (non-hydrogen) atoms. The number of benzene rings is 2. The molecule has 0 spiro atoms. The Balaban J connectivity index is 1.77. The van der Waals surface area contributed by atoms with Crippen molar-refractivity contribution in [3.05, 3.63) is 69.5 Å². The van der Waals surface area contributed by atoms with E-state index in [-0.39, 0.29) is 5.75 Å². The van der Waals surface area contributed by atoms with E-state index in [1.165, 1.54) is 12.1 Å². The van der Waals surface area contributed by atoms with Crippen LogP contribution in [0.15, 0.2) is 57.7 Å². The monoisotopic (exact) mass is 358 g/mol. The van der Waals surface area contributed by atoms with Crippen molar-refractivity contribution in [2.24, 2.45) is 0 Å². The van der Waals surface area contributed by atoms with Crippen LogP contribution in [0.5, 0.6) is 11.5 Å². The number of halogens is 1. The van der Waals surface area contributed by atoms with Crippen LogP contribution < -0.4 is 15.1 Å². The Bertz CT molecular complexity index is 993. The number of aryl methyl sites for hydroxylation is 1. The second kappa shape index (κ2) is 6.99. The molecule has 0 amide bonds. The van der Waals surface area contributed by atoms with Gasteiger partial charge in [-0.2, -0.15) is 0 Å². The van der Waals surface area contributed by atoms with Crippen molar-refractivity contribution in [1.29, 1.82) is 0 Å². The highest BCUT2D eigenvalue weighted by Gasteiger charge is 2.19. The molecule has 1 atom stereocenters. The number of rotatable bonds is 4. The topological polar surface area (TPSA) is 65.7 Å². The van der Waals surface area contributed by atoms with E-state index < -0.39 is 17.7 Å². The van der Waals surface area contributed by atoms with Gasteiger partial charge in [0.15, 0.2) is 6.10 Å². The molecule has 3 rings (SSSR count). The fraction of sp³-hybridized carbons (Fsp3) is 0.158. The Hall–Kier alpha value is -2.79. The second-order valence-corrected chi connectivity index (χ2v) is 5.93. The van der Waals surface area contributed by atoms with Crippen molar-refractivity contribution in [3.8, 4) is 11.5 Å². The van der Waals surface area contributed by atoms with Gasteiger partial charge >= 0.3 is 11.6 Å². The Kier molecular flexibility index (Phi) is 4.76. The average Bonchev–Trinajstić information content (AvgIpc) is 2.56. The lowest BCUT2D eigenvalue weighted by Crippen LogP contribution is -2.28. The van der Waals surface area contributed by atoms with Gasteiger partial charge in [-0.15, -0.1) is 0 Å². The molecule has 1 aromatic heterocycles. The zero-order valence-electron chi connectivity index (χ0n) is 13.6. The molecule has 2 aromatic carbocycles. The Morgan fingerprint density at radius 2 is 1.92 bits per heavy atom. The minimum atomic E-state index is -0.861. The summed E-state index contributed by atoms with van der Waals surface area (Å²) in [6, 6.07) is 13.1. The SMILES string of the molecule is Cc1cc(=O)oc2cc(OC(=O)[C@H](C)Oc3ccccc3Cl)ccc12. The second-order valence-electron chi connectivity index (χ2n) is 5.52. The molecule has 0 fully saturated rings. The Morgan fingerprint density at radius 3 is 2.68 bits per heavy atom. The van der Waals surface area contributed by atoms with E-state index in [2.05, 4.69) is 0 Å². The van der Waals surface area contributed by atoms with E-state index in [9.17, 15) is 9.59 Å². The molecule has 3 aromatic rings. The molecule has 0 unspecified atom stereocenters. The van der Waals surface area contributed by atoms with E-state index in [1.54, 1.807) is 43.3 Å². The van der Waals surface area contributed by atoms with E-state index in [0.29, 0.717) is 16.4 Å². The van der Waals surface area contributed by atoms with Crippen molar-refractivity contribution in [3.63, 3.8) is 0 Å². The van der Waals surface area contributed by atoms with Gasteiger partial charge in [0.2, 0.25) is 0 Å². The van der Waals surface area contributed by atoms with Gasteiger partial charge in [-0.3, -0.25) is 0 Å². The van der Waals surface area contributed by atoms with Crippen LogP contribution >= 0.6 is 11.6 Å². The third kappa shape index (κ3) is 3.83. The zero-order chi connectivity index (χ0) is 18.0. The lowest BCUT2D eigenvalue weighted by atomic mass is 10.1. The first-order valence-electron chi connectivity index (χ1n) is 7.61. The van der Waals surface area contributed by atoms with Crippen molar-refractivity contribution < 1.29 is 18.7 Å². The number of hydrogen-bond acceptors (Lipinski definition) is 5. The Labute approximate surface area is 148 Å². The maximum atomic E-state index is 12.2. The average molecular weight is 359 g/mol. The predicted octanol–water partition coefficient (Wildman–Crippen LogP) is 4.13. The molecule has 0 saturated heterocycles. The van der Waals surface area contributed by atoms with E-state index >= 15 is 0 Å². The first-order valence-corrected chi connectivity index (χ1v) is 7.99. The van der Waals surface area contributed by atoms with Crippen LogP contribution in [0.25, 0.3) is 11.0 Å². The summed E-state index contributed by atoms with van der Waals surface area (Å²) in [5.74, 6) is 0.0730. The summed E-state index contributed by atoms with van der Waals surface area (Å²) in [4.78, 5) is 23.7. The van der Waals surface area contributed by atoms with Crippen molar-refractivity contribution in [2.45, 2.75) is 20.0 Å². The minimum absolute atomic E-state index is 0.265. The van der Waals surface area contributed by atoms with Gasteiger partial charge < -0.3 is 13.9 Å². The van der Waals surface area contributed by atoms with E-state index in [1.807, 2.05) is 6.92 Å². The number of hydrogen-bond donors (Lipinski definition) is 0. The van der Waals surface area contributed by atoms with Gasteiger partial charge in [0.25, 0.3) is 0 Å². The molecular formula is C19H15ClO5. The van der Waals surface area contributed by atoms with Gasteiger partial charge in [0.05, 0.1) is 5.02 Å². The van der Waals surface area contributed by atoms with Gasteiger partial charge in [0, 0.05) is 17.5 Å². The molecule has 5 nitrogen and oxygen atoms in total. The third-order valence-corrected chi connectivity index (χ3v) is 3.93. The predicted molar refractivity (Wildman–Crippen MR) is 94.4 cm³/mol. The quantitative estimate of drug-likeness (QED) is 0.398. The minimum Gasteiger partial charge on any atom is -0.477 e. The van der Waals surface area contributed by atoms with Crippen LogP contribution in [0, 0.1) is 6.92 Å². The third-order valence-electron chi connectivity index (χ3n) is 3.61. The van der Waals surface area contributed by atoms with E-state index in [0.717, 1.165) is 10.9 Å². The lowest BCUT2D eigenvalue weighted by molar-refractivity contribution is -0.141. The molecule has 128 valence electrons. The van der Waals surface area contributed by atoms with Gasteiger partial charge in [-0.1, -0.05) is 23.7 Å². The summed E-state index contributed by atoms with van der Waals surface area (Å²) in [7, 11) is 0. The van der Waals surface area contributed by atoms with Crippen molar-refractivity contribution >= 4 is 28.5 Å². The fourth-order valence-corrected chi connectivity index (χ4v) is 2.53. The van der Waals surface area contributed by atoms with Crippen LogP contribution in [-0.4, -0.2) is 12.1 Å². The molecule has 1 heterocycles.